The predicted molar refractivity (Wildman–Crippen MR) is 76.9 cm³/mol. The van der Waals surface area contributed by atoms with Gasteiger partial charge in [-0.3, -0.25) is 0 Å². The first-order valence-corrected chi connectivity index (χ1v) is 8.27. The summed E-state index contributed by atoms with van der Waals surface area (Å²) < 4.78 is 26.6. The Kier molecular flexibility index (Phi) is 5.86. The minimum atomic E-state index is -3.53. The predicted octanol–water partition coefficient (Wildman–Crippen LogP) is 2.66. The Labute approximate surface area is 117 Å². The van der Waals surface area contributed by atoms with Crippen LogP contribution >= 0.6 is 15.9 Å². The van der Waals surface area contributed by atoms with Gasteiger partial charge in [0.15, 0.2) is 0 Å². The molecule has 1 atom stereocenters. The summed E-state index contributed by atoms with van der Waals surface area (Å²) in [7, 11) is -3.53. The maximum Gasteiger partial charge on any atom is 0.241 e. The monoisotopic (exact) mass is 329 g/mol. The number of rotatable bonds is 6. The highest BCUT2D eigenvalue weighted by Gasteiger charge is 2.17. The second kappa shape index (κ2) is 6.93. The first kappa shape index (κ1) is 15.2. The van der Waals surface area contributed by atoms with Gasteiger partial charge in [-0.05, 0) is 24.1 Å². The van der Waals surface area contributed by atoms with E-state index in [1.807, 2.05) is 6.92 Å². The maximum atomic E-state index is 12.1. The molecule has 0 fully saturated rings. The van der Waals surface area contributed by atoms with Crippen LogP contribution in [-0.2, 0) is 15.4 Å². The molecule has 1 N–H and O–H groups in total. The molecule has 3 nitrogen and oxygen atoms in total. The molecule has 18 heavy (non-hydrogen) atoms. The number of hydrogen-bond donors (Lipinski definition) is 1. The molecule has 98 valence electrons. The van der Waals surface area contributed by atoms with Gasteiger partial charge in [0.25, 0.3) is 0 Å². The lowest BCUT2D eigenvalue weighted by Gasteiger charge is -2.12. The summed E-state index contributed by atoms with van der Waals surface area (Å²) in [4.78, 5) is 0.239. The van der Waals surface area contributed by atoms with E-state index in [1.165, 1.54) is 0 Å². The number of halogens is 1. The highest BCUT2D eigenvalue weighted by molar-refractivity contribution is 9.08. The van der Waals surface area contributed by atoms with Gasteiger partial charge in [-0.2, -0.15) is 4.72 Å². The van der Waals surface area contributed by atoms with E-state index in [9.17, 15) is 8.42 Å². The van der Waals surface area contributed by atoms with Crippen LogP contribution in [0, 0.1) is 12.3 Å². The highest BCUT2D eigenvalue weighted by atomic mass is 79.9. The van der Waals surface area contributed by atoms with Crippen LogP contribution in [0.25, 0.3) is 0 Å². The molecule has 1 aromatic carbocycles. The number of benzene rings is 1. The summed E-state index contributed by atoms with van der Waals surface area (Å²) in [6, 6.07) is 6.26. The second-order valence-corrected chi connectivity index (χ2v) is 6.18. The molecule has 1 unspecified atom stereocenters. The van der Waals surface area contributed by atoms with Crippen LogP contribution < -0.4 is 4.72 Å². The highest BCUT2D eigenvalue weighted by Crippen LogP contribution is 2.13. The lowest BCUT2D eigenvalue weighted by Crippen LogP contribution is -2.33. The molecule has 0 aromatic heterocycles. The molecular weight excluding hydrogens is 314 g/mol. The second-order valence-electron chi connectivity index (χ2n) is 3.91. The fraction of sp³-hybridized carbons (Fsp3) is 0.385. The van der Waals surface area contributed by atoms with Crippen molar-refractivity contribution in [2.45, 2.75) is 36.0 Å². The third-order valence-electron chi connectivity index (χ3n) is 2.46. The standard InChI is InChI=1S/C13H16BrNO2S/c1-3-5-12(4-2)15-18(16,17)13-8-6-11(10-14)7-9-13/h2,6-9,12,15H,3,5,10H2,1H3. The Hall–Kier alpha value is -0.830. The molecule has 0 radical (unpaired) electrons. The molecule has 0 aliphatic heterocycles. The molecule has 0 amide bonds. The summed E-state index contributed by atoms with van der Waals surface area (Å²) >= 11 is 3.31. The minimum Gasteiger partial charge on any atom is -0.207 e. The van der Waals surface area contributed by atoms with Crippen LogP contribution in [0.2, 0.25) is 0 Å². The Morgan fingerprint density at radius 2 is 2.00 bits per heavy atom. The van der Waals surface area contributed by atoms with Gasteiger partial charge >= 0.3 is 0 Å². The molecule has 1 rings (SSSR count). The first-order valence-electron chi connectivity index (χ1n) is 5.67. The zero-order valence-electron chi connectivity index (χ0n) is 10.2. The first-order chi connectivity index (χ1) is 8.53. The van der Waals surface area contributed by atoms with Crippen LogP contribution in [0.4, 0.5) is 0 Å². The number of sulfonamides is 1. The molecule has 0 aliphatic carbocycles. The number of alkyl halides is 1. The van der Waals surface area contributed by atoms with Crippen molar-refractivity contribution >= 4 is 26.0 Å². The van der Waals surface area contributed by atoms with Gasteiger partial charge in [-0.15, -0.1) is 6.42 Å². The van der Waals surface area contributed by atoms with Gasteiger partial charge in [0.05, 0.1) is 10.9 Å². The van der Waals surface area contributed by atoms with Crippen molar-refractivity contribution in [2.75, 3.05) is 0 Å². The normalized spacial score (nSPS) is 12.9. The molecule has 0 spiro atoms. The maximum absolute atomic E-state index is 12.1. The van der Waals surface area contributed by atoms with Gasteiger partial charge in [0, 0.05) is 5.33 Å². The Balaban J connectivity index is 2.88. The molecule has 0 heterocycles. The third kappa shape index (κ3) is 4.13. The molecule has 0 saturated heterocycles. The SMILES string of the molecule is C#CC(CCC)NS(=O)(=O)c1ccc(CBr)cc1. The molecule has 0 aliphatic rings. The topological polar surface area (TPSA) is 46.2 Å². The molecular formula is C13H16BrNO2S. The summed E-state index contributed by atoms with van der Waals surface area (Å²) in [5, 5.41) is 0.698. The fourth-order valence-electron chi connectivity index (χ4n) is 1.48. The summed E-state index contributed by atoms with van der Waals surface area (Å²) in [6.07, 6.45) is 6.77. The lowest BCUT2D eigenvalue weighted by atomic mass is 10.2. The molecule has 0 saturated carbocycles. The average molecular weight is 330 g/mol. The molecule has 5 heteroatoms. The van der Waals surface area contributed by atoms with E-state index < -0.39 is 16.1 Å². The van der Waals surface area contributed by atoms with E-state index in [4.69, 9.17) is 6.42 Å². The van der Waals surface area contributed by atoms with E-state index in [-0.39, 0.29) is 4.90 Å². The smallest absolute Gasteiger partial charge is 0.207 e. The number of nitrogens with one attached hydrogen (secondary N) is 1. The summed E-state index contributed by atoms with van der Waals surface area (Å²) in [5.74, 6) is 2.45. The van der Waals surface area contributed by atoms with Gasteiger partial charge < -0.3 is 0 Å². The van der Waals surface area contributed by atoms with Gasteiger partial charge in [0.2, 0.25) is 10.0 Å². The van der Waals surface area contributed by atoms with Crippen LogP contribution in [0.5, 0.6) is 0 Å². The Bertz CT molecular complexity index is 517. The van der Waals surface area contributed by atoms with Crippen molar-refractivity contribution in [3.8, 4) is 12.3 Å². The van der Waals surface area contributed by atoms with Gasteiger partial charge in [-0.1, -0.05) is 47.3 Å². The van der Waals surface area contributed by atoms with Crippen LogP contribution in [0.15, 0.2) is 29.2 Å². The van der Waals surface area contributed by atoms with Crippen molar-refractivity contribution in [2.24, 2.45) is 0 Å². The number of hydrogen-bond acceptors (Lipinski definition) is 2. The Morgan fingerprint density at radius 3 is 2.44 bits per heavy atom. The van der Waals surface area contributed by atoms with Crippen LogP contribution in [-0.4, -0.2) is 14.5 Å². The zero-order chi connectivity index (χ0) is 13.6. The van der Waals surface area contributed by atoms with E-state index in [2.05, 4.69) is 26.6 Å². The van der Waals surface area contributed by atoms with Crippen molar-refractivity contribution in [3.05, 3.63) is 29.8 Å². The zero-order valence-corrected chi connectivity index (χ0v) is 12.6. The lowest BCUT2D eigenvalue weighted by molar-refractivity contribution is 0.564. The van der Waals surface area contributed by atoms with Crippen molar-refractivity contribution in [1.29, 1.82) is 0 Å². The number of terminal acetylenes is 1. The van der Waals surface area contributed by atoms with Crippen LogP contribution in [0.1, 0.15) is 25.3 Å². The molecule has 1 aromatic rings. The summed E-state index contributed by atoms with van der Waals surface area (Å²) in [6.45, 7) is 1.96. The van der Waals surface area contributed by atoms with E-state index >= 15 is 0 Å². The third-order valence-corrected chi connectivity index (χ3v) is 4.60. The van der Waals surface area contributed by atoms with Gasteiger partial charge in [-0.25, -0.2) is 8.42 Å². The quantitative estimate of drug-likeness (QED) is 0.644. The average Bonchev–Trinajstić information content (AvgIpc) is 2.38. The largest absolute Gasteiger partial charge is 0.241 e. The van der Waals surface area contributed by atoms with E-state index in [0.29, 0.717) is 11.8 Å². The van der Waals surface area contributed by atoms with Crippen molar-refractivity contribution < 1.29 is 8.42 Å². The van der Waals surface area contributed by atoms with Gasteiger partial charge in [0.1, 0.15) is 0 Å². The summed E-state index contributed by atoms with van der Waals surface area (Å²) in [5.41, 5.74) is 1.02. The van der Waals surface area contributed by atoms with Crippen molar-refractivity contribution in [1.82, 2.24) is 4.72 Å². The fourth-order valence-corrected chi connectivity index (χ4v) is 3.04. The molecule has 0 bridgehead atoms. The Morgan fingerprint density at radius 1 is 1.39 bits per heavy atom. The van der Waals surface area contributed by atoms with Crippen molar-refractivity contribution in [3.63, 3.8) is 0 Å². The minimum absolute atomic E-state index is 0.239. The van der Waals surface area contributed by atoms with E-state index in [1.54, 1.807) is 24.3 Å². The van der Waals surface area contributed by atoms with E-state index in [0.717, 1.165) is 12.0 Å². The van der Waals surface area contributed by atoms with Crippen LogP contribution in [0.3, 0.4) is 0 Å².